The summed E-state index contributed by atoms with van der Waals surface area (Å²) in [6.07, 6.45) is 3.54. The second kappa shape index (κ2) is 4.90. The summed E-state index contributed by atoms with van der Waals surface area (Å²) < 4.78 is 0. The molecule has 2 heterocycles. The molecule has 0 atom stereocenters. The normalized spacial score (nSPS) is 10.3. The van der Waals surface area contributed by atoms with E-state index in [9.17, 15) is 5.11 Å². The third-order valence-corrected chi connectivity index (χ3v) is 3.03. The van der Waals surface area contributed by atoms with E-state index < -0.39 is 0 Å². The van der Waals surface area contributed by atoms with Crippen molar-refractivity contribution in [2.75, 3.05) is 0 Å². The molecule has 0 aliphatic carbocycles. The molecule has 0 radical (unpaired) electrons. The summed E-state index contributed by atoms with van der Waals surface area (Å²) in [4.78, 5) is 6.06. The quantitative estimate of drug-likeness (QED) is 0.433. The minimum absolute atomic E-state index is 0.315. The van der Waals surface area contributed by atoms with Crippen molar-refractivity contribution in [3.05, 3.63) is 67.0 Å². The molecule has 3 nitrogen and oxygen atoms in total. The molecule has 19 heavy (non-hydrogen) atoms. The minimum atomic E-state index is 0.315. The van der Waals surface area contributed by atoms with Crippen LogP contribution in [0.4, 0.5) is 0 Å². The number of hydrogen-bond acceptors (Lipinski definition) is 1. The van der Waals surface area contributed by atoms with Crippen molar-refractivity contribution in [3.8, 4) is 5.75 Å². The largest absolute Gasteiger partial charge is 0.506 e. The molecule has 2 aromatic heterocycles. The second-order valence-corrected chi connectivity index (χ2v) is 4.28. The number of aromatic amines is 2. The Balaban J connectivity index is 0.000000117. The maximum atomic E-state index is 9.18. The van der Waals surface area contributed by atoms with Crippen LogP contribution in [0.25, 0.3) is 21.8 Å². The van der Waals surface area contributed by atoms with Crippen LogP contribution >= 0.6 is 0 Å². The highest BCUT2D eigenvalue weighted by Crippen LogP contribution is 2.22. The number of rotatable bonds is 0. The molecular formula is C16H14N2O. The molecule has 0 saturated carbocycles. The van der Waals surface area contributed by atoms with Gasteiger partial charge in [-0.25, -0.2) is 0 Å². The molecule has 0 unspecified atom stereocenters. The smallest absolute Gasteiger partial charge is 0.140 e. The van der Waals surface area contributed by atoms with E-state index >= 15 is 0 Å². The van der Waals surface area contributed by atoms with Crippen molar-refractivity contribution in [2.24, 2.45) is 0 Å². The Labute approximate surface area is 110 Å². The van der Waals surface area contributed by atoms with Crippen molar-refractivity contribution < 1.29 is 5.11 Å². The third-order valence-electron chi connectivity index (χ3n) is 3.03. The first-order valence-electron chi connectivity index (χ1n) is 6.12. The van der Waals surface area contributed by atoms with Gasteiger partial charge in [-0.3, -0.25) is 0 Å². The Hall–Kier alpha value is -2.68. The minimum Gasteiger partial charge on any atom is -0.506 e. The van der Waals surface area contributed by atoms with Gasteiger partial charge in [0, 0.05) is 28.8 Å². The van der Waals surface area contributed by atoms with Crippen molar-refractivity contribution in [3.63, 3.8) is 0 Å². The summed E-state index contributed by atoms with van der Waals surface area (Å²) in [6, 6.07) is 17.9. The van der Waals surface area contributed by atoms with Gasteiger partial charge in [-0.1, -0.05) is 30.3 Å². The Morgan fingerprint density at radius 1 is 0.737 bits per heavy atom. The Kier molecular flexibility index (Phi) is 2.94. The average molecular weight is 250 g/mol. The van der Waals surface area contributed by atoms with Gasteiger partial charge in [-0.2, -0.15) is 0 Å². The van der Waals surface area contributed by atoms with Gasteiger partial charge >= 0.3 is 0 Å². The predicted molar refractivity (Wildman–Crippen MR) is 78.3 cm³/mol. The van der Waals surface area contributed by atoms with E-state index in [1.165, 1.54) is 10.9 Å². The van der Waals surface area contributed by atoms with E-state index in [2.05, 4.69) is 28.2 Å². The lowest BCUT2D eigenvalue weighted by Crippen LogP contribution is -1.62. The first-order chi connectivity index (χ1) is 9.34. The van der Waals surface area contributed by atoms with Crippen molar-refractivity contribution in [2.45, 2.75) is 0 Å². The first kappa shape index (κ1) is 11.4. The summed E-state index contributed by atoms with van der Waals surface area (Å²) in [5.74, 6) is 0.315. The number of fused-ring (bicyclic) bond motifs is 2. The van der Waals surface area contributed by atoms with Crippen LogP contribution in [0.2, 0.25) is 0 Å². The predicted octanol–water partition coefficient (Wildman–Crippen LogP) is 4.04. The van der Waals surface area contributed by atoms with E-state index in [1.807, 2.05) is 42.6 Å². The van der Waals surface area contributed by atoms with E-state index in [4.69, 9.17) is 0 Å². The highest BCUT2D eigenvalue weighted by atomic mass is 16.3. The van der Waals surface area contributed by atoms with Gasteiger partial charge in [-0.05, 0) is 29.7 Å². The number of H-pyrrole nitrogens is 2. The number of aromatic nitrogens is 2. The molecule has 0 aliphatic rings. The van der Waals surface area contributed by atoms with E-state index in [1.54, 1.807) is 6.20 Å². The van der Waals surface area contributed by atoms with E-state index in [0.29, 0.717) is 5.75 Å². The van der Waals surface area contributed by atoms with Gasteiger partial charge in [0.05, 0.1) is 0 Å². The molecule has 0 bridgehead atoms. The lowest BCUT2D eigenvalue weighted by Gasteiger charge is -1.86. The summed E-state index contributed by atoms with van der Waals surface area (Å²) >= 11 is 0. The zero-order chi connectivity index (χ0) is 13.1. The first-order valence-corrected chi connectivity index (χ1v) is 6.12. The van der Waals surface area contributed by atoms with E-state index in [-0.39, 0.29) is 0 Å². The number of nitrogens with one attached hydrogen (secondary N) is 2. The molecule has 4 rings (SSSR count). The fourth-order valence-electron chi connectivity index (χ4n) is 2.05. The van der Waals surface area contributed by atoms with Crippen LogP contribution in [0.15, 0.2) is 67.0 Å². The van der Waals surface area contributed by atoms with Gasteiger partial charge in [-0.15, -0.1) is 0 Å². The van der Waals surface area contributed by atoms with Crippen LogP contribution in [-0.2, 0) is 0 Å². The number of hydrogen-bond donors (Lipinski definition) is 3. The second-order valence-electron chi connectivity index (χ2n) is 4.28. The Bertz CT molecular complexity index is 768. The highest BCUT2D eigenvalue weighted by molar-refractivity contribution is 5.85. The van der Waals surface area contributed by atoms with Gasteiger partial charge in [0.1, 0.15) is 5.75 Å². The molecule has 4 aromatic rings. The highest BCUT2D eigenvalue weighted by Gasteiger charge is 1.97. The lowest BCUT2D eigenvalue weighted by molar-refractivity contribution is 0.481. The molecule has 94 valence electrons. The maximum absolute atomic E-state index is 9.18. The molecule has 0 saturated heterocycles. The summed E-state index contributed by atoms with van der Waals surface area (Å²) in [6.45, 7) is 0. The standard InChI is InChI=1S/C8H7NO.C8H7N/c10-8-5-9-7-4-2-1-3-6(7)8;1-2-4-8-7(3-1)5-6-9-8/h1-5,9-10H;1-6,9H. The van der Waals surface area contributed by atoms with Gasteiger partial charge < -0.3 is 15.1 Å². The summed E-state index contributed by atoms with van der Waals surface area (Å²) in [5.41, 5.74) is 2.18. The topological polar surface area (TPSA) is 51.8 Å². The summed E-state index contributed by atoms with van der Waals surface area (Å²) in [7, 11) is 0. The molecule has 2 aromatic carbocycles. The molecule has 3 N–H and O–H groups in total. The van der Waals surface area contributed by atoms with Gasteiger partial charge in [0.25, 0.3) is 0 Å². The van der Waals surface area contributed by atoms with Gasteiger partial charge in [0.15, 0.2) is 0 Å². The zero-order valence-electron chi connectivity index (χ0n) is 10.3. The Morgan fingerprint density at radius 3 is 2.26 bits per heavy atom. The number of benzene rings is 2. The fourth-order valence-corrected chi connectivity index (χ4v) is 2.05. The lowest BCUT2D eigenvalue weighted by atomic mass is 10.2. The van der Waals surface area contributed by atoms with Crippen LogP contribution in [0.1, 0.15) is 0 Å². The number of para-hydroxylation sites is 2. The van der Waals surface area contributed by atoms with Crippen LogP contribution in [0, 0.1) is 0 Å². The molecule has 0 spiro atoms. The Morgan fingerprint density at radius 2 is 1.47 bits per heavy atom. The number of aromatic hydroxyl groups is 1. The van der Waals surface area contributed by atoms with Crippen LogP contribution in [-0.4, -0.2) is 15.1 Å². The van der Waals surface area contributed by atoms with Crippen molar-refractivity contribution in [1.29, 1.82) is 0 Å². The maximum Gasteiger partial charge on any atom is 0.140 e. The average Bonchev–Trinajstić information content (AvgIpc) is 3.07. The van der Waals surface area contributed by atoms with Crippen LogP contribution < -0.4 is 0 Å². The summed E-state index contributed by atoms with van der Waals surface area (Å²) in [5, 5.41) is 11.3. The van der Waals surface area contributed by atoms with Crippen LogP contribution in [0.3, 0.4) is 0 Å². The van der Waals surface area contributed by atoms with Crippen LogP contribution in [0.5, 0.6) is 5.75 Å². The van der Waals surface area contributed by atoms with Crippen molar-refractivity contribution in [1.82, 2.24) is 9.97 Å². The molecule has 0 fully saturated rings. The van der Waals surface area contributed by atoms with Crippen molar-refractivity contribution >= 4 is 21.8 Å². The van der Waals surface area contributed by atoms with E-state index in [0.717, 1.165) is 10.9 Å². The SMILES string of the molecule is Oc1c[nH]c2ccccc12.c1ccc2[nH]ccc2c1. The molecule has 0 amide bonds. The van der Waals surface area contributed by atoms with Gasteiger partial charge in [0.2, 0.25) is 0 Å². The molecule has 3 heteroatoms. The zero-order valence-corrected chi connectivity index (χ0v) is 10.3. The molecule has 0 aliphatic heterocycles. The monoisotopic (exact) mass is 250 g/mol. The molecular weight excluding hydrogens is 236 g/mol. The fraction of sp³-hybridized carbons (Fsp3) is 0. The third kappa shape index (κ3) is 2.31.